The second-order valence-corrected chi connectivity index (χ2v) is 5.28. The van der Waals surface area contributed by atoms with Crippen LogP contribution in [0.1, 0.15) is 17.0 Å². The van der Waals surface area contributed by atoms with Crippen LogP contribution in [0, 0.1) is 0 Å². The summed E-state index contributed by atoms with van der Waals surface area (Å²) in [6.45, 7) is 0. The fraction of sp³-hybridized carbons (Fsp3) is 0.188. The van der Waals surface area contributed by atoms with E-state index in [-0.39, 0.29) is 11.8 Å². The molecule has 1 aliphatic heterocycles. The van der Waals surface area contributed by atoms with Gasteiger partial charge in [0.05, 0.1) is 5.92 Å². The zero-order chi connectivity index (χ0) is 13.4. The van der Waals surface area contributed by atoms with E-state index >= 15 is 0 Å². The van der Waals surface area contributed by atoms with Gasteiger partial charge in [-0.1, -0.05) is 41.9 Å². The monoisotopic (exact) mass is 271 g/mol. The summed E-state index contributed by atoms with van der Waals surface area (Å²) < 4.78 is 0. The number of hydrogen-bond acceptors (Lipinski definition) is 1. The molecular formula is C16H14ClNO. The molecule has 0 aliphatic carbocycles. The minimum Gasteiger partial charge on any atom is -0.315 e. The minimum atomic E-state index is -0.0811. The summed E-state index contributed by atoms with van der Waals surface area (Å²) in [5.74, 6) is 0.0820. The van der Waals surface area contributed by atoms with E-state index in [0.717, 1.165) is 28.3 Å². The fourth-order valence-electron chi connectivity index (χ4n) is 2.63. The molecule has 0 spiro atoms. The van der Waals surface area contributed by atoms with E-state index in [4.69, 9.17) is 11.6 Å². The largest absolute Gasteiger partial charge is 0.315 e. The zero-order valence-electron chi connectivity index (χ0n) is 10.6. The van der Waals surface area contributed by atoms with Crippen molar-refractivity contribution in [1.29, 1.82) is 0 Å². The summed E-state index contributed by atoms with van der Waals surface area (Å²) in [4.78, 5) is 14.1. The molecule has 0 saturated heterocycles. The van der Waals surface area contributed by atoms with E-state index in [0.29, 0.717) is 0 Å². The number of nitrogens with zero attached hydrogens (tertiary/aromatic N) is 1. The number of fused-ring (bicyclic) bond motifs is 1. The molecule has 1 aliphatic rings. The van der Waals surface area contributed by atoms with E-state index < -0.39 is 0 Å². The van der Waals surface area contributed by atoms with E-state index in [1.807, 2.05) is 55.6 Å². The predicted octanol–water partition coefficient (Wildman–Crippen LogP) is 3.64. The molecule has 96 valence electrons. The Balaban J connectivity index is 1.93. The van der Waals surface area contributed by atoms with Crippen LogP contribution in [0.15, 0.2) is 48.5 Å². The quantitative estimate of drug-likeness (QED) is 0.817. The molecule has 0 aromatic heterocycles. The summed E-state index contributed by atoms with van der Waals surface area (Å²) in [5, 5.41) is 0.721. The predicted molar refractivity (Wildman–Crippen MR) is 77.7 cm³/mol. The summed E-state index contributed by atoms with van der Waals surface area (Å²) in [7, 11) is 1.84. The van der Waals surface area contributed by atoms with Crippen molar-refractivity contribution in [3.05, 3.63) is 64.7 Å². The molecule has 1 atom stereocenters. The first kappa shape index (κ1) is 12.2. The Hall–Kier alpha value is -1.80. The molecule has 1 amide bonds. The minimum absolute atomic E-state index is 0.0811. The smallest absolute Gasteiger partial charge is 0.234 e. The Morgan fingerprint density at radius 1 is 1.11 bits per heavy atom. The average Bonchev–Trinajstić information content (AvgIpc) is 2.67. The molecule has 3 heteroatoms. The first-order valence-electron chi connectivity index (χ1n) is 6.28. The first-order chi connectivity index (χ1) is 9.16. The van der Waals surface area contributed by atoms with Crippen molar-refractivity contribution in [2.24, 2.45) is 0 Å². The molecule has 0 unspecified atom stereocenters. The van der Waals surface area contributed by atoms with Crippen molar-refractivity contribution in [1.82, 2.24) is 0 Å². The van der Waals surface area contributed by atoms with Gasteiger partial charge in [0.2, 0.25) is 5.91 Å². The molecule has 19 heavy (non-hydrogen) atoms. The van der Waals surface area contributed by atoms with Crippen LogP contribution in [0.4, 0.5) is 5.69 Å². The van der Waals surface area contributed by atoms with E-state index in [9.17, 15) is 4.79 Å². The number of carbonyl (C=O) groups is 1. The number of hydrogen-bond donors (Lipinski definition) is 0. The Kier molecular flexibility index (Phi) is 3.03. The van der Waals surface area contributed by atoms with Crippen molar-refractivity contribution >= 4 is 23.2 Å². The maximum Gasteiger partial charge on any atom is 0.234 e. The van der Waals surface area contributed by atoms with E-state index in [1.54, 1.807) is 4.90 Å². The molecule has 0 saturated carbocycles. The highest BCUT2D eigenvalue weighted by Crippen LogP contribution is 2.37. The van der Waals surface area contributed by atoms with Crippen LogP contribution in [0.5, 0.6) is 0 Å². The molecule has 0 fully saturated rings. The Morgan fingerprint density at radius 3 is 2.53 bits per heavy atom. The molecule has 0 N–H and O–H groups in total. The number of likely N-dealkylation sites (N-methyl/N-ethyl adjacent to an activating group) is 1. The topological polar surface area (TPSA) is 20.3 Å². The molecule has 2 aromatic carbocycles. The highest BCUT2D eigenvalue weighted by molar-refractivity contribution is 6.30. The highest BCUT2D eigenvalue weighted by Gasteiger charge is 2.34. The summed E-state index contributed by atoms with van der Waals surface area (Å²) >= 11 is 5.89. The second-order valence-electron chi connectivity index (χ2n) is 4.84. The van der Waals surface area contributed by atoms with Crippen LogP contribution in [0.2, 0.25) is 5.02 Å². The van der Waals surface area contributed by atoms with Crippen LogP contribution in [-0.2, 0) is 11.2 Å². The van der Waals surface area contributed by atoms with Gasteiger partial charge in [-0.2, -0.15) is 0 Å². The van der Waals surface area contributed by atoms with Gasteiger partial charge in [-0.3, -0.25) is 4.79 Å². The normalized spacial score (nSPS) is 17.7. The second kappa shape index (κ2) is 4.71. The van der Waals surface area contributed by atoms with Gasteiger partial charge in [0.25, 0.3) is 0 Å². The van der Waals surface area contributed by atoms with Gasteiger partial charge in [-0.15, -0.1) is 0 Å². The maximum absolute atomic E-state index is 12.3. The average molecular weight is 272 g/mol. The van der Waals surface area contributed by atoms with Crippen LogP contribution in [0.25, 0.3) is 0 Å². The van der Waals surface area contributed by atoms with Crippen molar-refractivity contribution in [2.45, 2.75) is 12.3 Å². The first-order valence-corrected chi connectivity index (χ1v) is 6.65. The van der Waals surface area contributed by atoms with Crippen molar-refractivity contribution < 1.29 is 4.79 Å². The Morgan fingerprint density at radius 2 is 1.79 bits per heavy atom. The van der Waals surface area contributed by atoms with Gasteiger partial charge >= 0.3 is 0 Å². The van der Waals surface area contributed by atoms with Crippen LogP contribution < -0.4 is 4.90 Å². The zero-order valence-corrected chi connectivity index (χ0v) is 11.4. The number of benzene rings is 2. The number of rotatable bonds is 2. The van der Waals surface area contributed by atoms with Crippen LogP contribution >= 0.6 is 11.6 Å². The lowest BCUT2D eigenvalue weighted by atomic mass is 9.93. The lowest BCUT2D eigenvalue weighted by Crippen LogP contribution is -2.24. The molecule has 3 rings (SSSR count). The Bertz CT molecular complexity index is 621. The maximum atomic E-state index is 12.3. The van der Waals surface area contributed by atoms with Crippen LogP contribution in [0.3, 0.4) is 0 Å². The van der Waals surface area contributed by atoms with Gasteiger partial charge < -0.3 is 4.90 Å². The van der Waals surface area contributed by atoms with E-state index in [1.165, 1.54) is 0 Å². The highest BCUT2D eigenvalue weighted by atomic mass is 35.5. The number of amides is 1. The molecule has 1 heterocycles. The SMILES string of the molecule is CN1C(=O)[C@@H](Cc2ccc(Cl)cc2)c2ccccc21. The molecule has 0 bridgehead atoms. The third-order valence-electron chi connectivity index (χ3n) is 3.66. The third kappa shape index (κ3) is 2.13. The summed E-state index contributed by atoms with van der Waals surface area (Å²) in [5.41, 5.74) is 3.27. The van der Waals surface area contributed by atoms with Crippen LogP contribution in [-0.4, -0.2) is 13.0 Å². The van der Waals surface area contributed by atoms with Gasteiger partial charge in [-0.25, -0.2) is 0 Å². The van der Waals surface area contributed by atoms with Crippen molar-refractivity contribution in [3.8, 4) is 0 Å². The standard InChI is InChI=1S/C16H14ClNO/c1-18-15-5-3-2-4-13(15)14(16(18)19)10-11-6-8-12(17)9-7-11/h2-9,14H,10H2,1H3/t14-/m0/s1. The van der Waals surface area contributed by atoms with Crippen molar-refractivity contribution in [3.63, 3.8) is 0 Å². The van der Waals surface area contributed by atoms with Gasteiger partial charge in [-0.05, 0) is 35.7 Å². The molecular weight excluding hydrogens is 258 g/mol. The fourth-order valence-corrected chi connectivity index (χ4v) is 2.75. The van der Waals surface area contributed by atoms with Gasteiger partial charge in [0.1, 0.15) is 0 Å². The summed E-state index contributed by atoms with van der Waals surface area (Å²) in [6.07, 6.45) is 0.720. The lowest BCUT2D eigenvalue weighted by molar-refractivity contribution is -0.119. The number of para-hydroxylation sites is 1. The molecule has 2 nitrogen and oxygen atoms in total. The number of anilines is 1. The van der Waals surface area contributed by atoms with Crippen molar-refractivity contribution in [2.75, 3.05) is 11.9 Å². The van der Waals surface area contributed by atoms with Gasteiger partial charge in [0, 0.05) is 17.8 Å². The lowest BCUT2D eigenvalue weighted by Gasteiger charge is -2.11. The molecule has 2 aromatic rings. The third-order valence-corrected chi connectivity index (χ3v) is 3.91. The van der Waals surface area contributed by atoms with E-state index in [2.05, 4.69) is 0 Å². The van der Waals surface area contributed by atoms with Gasteiger partial charge in [0.15, 0.2) is 0 Å². The Labute approximate surface area is 117 Å². The molecule has 0 radical (unpaired) electrons. The number of halogens is 1. The number of carbonyl (C=O) groups excluding carboxylic acids is 1. The summed E-state index contributed by atoms with van der Waals surface area (Å²) in [6, 6.07) is 15.7.